The van der Waals surface area contributed by atoms with Crippen LogP contribution in [0.3, 0.4) is 0 Å². The van der Waals surface area contributed by atoms with Crippen molar-refractivity contribution in [1.82, 2.24) is 20.0 Å². The first kappa shape index (κ1) is 13.0. The van der Waals surface area contributed by atoms with E-state index in [1.807, 2.05) is 54.6 Å². The SMILES string of the molecule is Clc1cccc(COc2cc3nnnn3c3ccccc23)c1. The third kappa shape index (κ3) is 2.25. The summed E-state index contributed by atoms with van der Waals surface area (Å²) in [5.41, 5.74) is 2.57. The molecule has 22 heavy (non-hydrogen) atoms. The van der Waals surface area contributed by atoms with Gasteiger partial charge in [-0.1, -0.05) is 35.9 Å². The van der Waals surface area contributed by atoms with Crippen LogP contribution in [0.5, 0.6) is 5.75 Å². The summed E-state index contributed by atoms with van der Waals surface area (Å²) in [5, 5.41) is 13.4. The Morgan fingerprint density at radius 2 is 1.95 bits per heavy atom. The molecule has 0 aliphatic rings. The normalized spacial score (nSPS) is 11.1. The van der Waals surface area contributed by atoms with Crippen molar-refractivity contribution in [3.8, 4) is 5.75 Å². The number of benzene rings is 2. The number of hydrogen-bond donors (Lipinski definition) is 0. The Bertz CT molecular complexity index is 967. The second kappa shape index (κ2) is 5.27. The minimum Gasteiger partial charge on any atom is -0.488 e. The number of pyridine rings is 1. The number of fused-ring (bicyclic) bond motifs is 3. The highest BCUT2D eigenvalue weighted by atomic mass is 35.5. The van der Waals surface area contributed by atoms with Crippen LogP contribution in [0.2, 0.25) is 5.02 Å². The molecule has 2 aromatic carbocycles. The lowest BCUT2D eigenvalue weighted by molar-refractivity contribution is 0.310. The summed E-state index contributed by atoms with van der Waals surface area (Å²) in [6, 6.07) is 17.3. The molecule has 2 aromatic heterocycles. The minimum absolute atomic E-state index is 0.433. The maximum Gasteiger partial charge on any atom is 0.183 e. The van der Waals surface area contributed by atoms with Gasteiger partial charge in [-0.2, -0.15) is 4.52 Å². The summed E-state index contributed by atoms with van der Waals surface area (Å²) >= 11 is 6.00. The lowest BCUT2D eigenvalue weighted by atomic mass is 10.2. The Kier molecular flexibility index (Phi) is 3.12. The summed E-state index contributed by atoms with van der Waals surface area (Å²) in [7, 11) is 0. The number of rotatable bonds is 3. The van der Waals surface area contributed by atoms with Crippen molar-refractivity contribution in [2.45, 2.75) is 6.61 Å². The summed E-state index contributed by atoms with van der Waals surface area (Å²) in [4.78, 5) is 0. The molecule has 0 aliphatic heterocycles. The predicted molar refractivity (Wildman–Crippen MR) is 84.1 cm³/mol. The maximum absolute atomic E-state index is 6.00. The van der Waals surface area contributed by atoms with E-state index < -0.39 is 0 Å². The van der Waals surface area contributed by atoms with E-state index in [1.165, 1.54) is 0 Å². The highest BCUT2D eigenvalue weighted by Gasteiger charge is 2.09. The summed E-state index contributed by atoms with van der Waals surface area (Å²) in [6.07, 6.45) is 0. The van der Waals surface area contributed by atoms with Gasteiger partial charge in [0.1, 0.15) is 12.4 Å². The van der Waals surface area contributed by atoms with Gasteiger partial charge in [0.15, 0.2) is 5.65 Å². The largest absolute Gasteiger partial charge is 0.488 e. The van der Waals surface area contributed by atoms with Crippen molar-refractivity contribution < 1.29 is 4.74 Å². The Morgan fingerprint density at radius 1 is 1.05 bits per heavy atom. The molecule has 0 fully saturated rings. The fourth-order valence-electron chi connectivity index (χ4n) is 2.42. The van der Waals surface area contributed by atoms with Gasteiger partial charge in [-0.25, -0.2) is 0 Å². The Hall–Kier alpha value is -2.66. The molecule has 6 heteroatoms. The molecule has 0 amide bonds. The summed E-state index contributed by atoms with van der Waals surface area (Å²) < 4.78 is 7.67. The van der Waals surface area contributed by atoms with Gasteiger partial charge in [0.2, 0.25) is 0 Å². The van der Waals surface area contributed by atoms with Gasteiger partial charge in [0, 0.05) is 16.5 Å². The Balaban J connectivity index is 1.76. The molecule has 0 bridgehead atoms. The molecule has 0 saturated heterocycles. The van der Waals surface area contributed by atoms with E-state index in [1.54, 1.807) is 4.52 Å². The zero-order valence-corrected chi connectivity index (χ0v) is 12.2. The molecule has 0 unspecified atom stereocenters. The van der Waals surface area contributed by atoms with Crippen LogP contribution in [0, 0.1) is 0 Å². The molecular weight excluding hydrogens is 300 g/mol. The smallest absolute Gasteiger partial charge is 0.183 e. The second-order valence-electron chi connectivity index (χ2n) is 4.89. The number of halogens is 1. The van der Waals surface area contributed by atoms with E-state index >= 15 is 0 Å². The fraction of sp³-hybridized carbons (Fsp3) is 0.0625. The highest BCUT2D eigenvalue weighted by Crippen LogP contribution is 2.27. The molecule has 5 nitrogen and oxygen atoms in total. The first-order chi connectivity index (χ1) is 10.8. The van der Waals surface area contributed by atoms with Gasteiger partial charge in [0.25, 0.3) is 0 Å². The van der Waals surface area contributed by atoms with Crippen molar-refractivity contribution in [3.63, 3.8) is 0 Å². The Morgan fingerprint density at radius 3 is 2.86 bits per heavy atom. The third-order valence-electron chi connectivity index (χ3n) is 3.43. The zero-order chi connectivity index (χ0) is 14.9. The van der Waals surface area contributed by atoms with Crippen LogP contribution in [0.1, 0.15) is 5.56 Å². The monoisotopic (exact) mass is 310 g/mol. The fourth-order valence-corrected chi connectivity index (χ4v) is 2.64. The van der Waals surface area contributed by atoms with Crippen molar-refractivity contribution in [2.24, 2.45) is 0 Å². The van der Waals surface area contributed by atoms with Gasteiger partial charge in [-0.05, 0) is 40.3 Å². The number of ether oxygens (including phenoxy) is 1. The van der Waals surface area contributed by atoms with Gasteiger partial charge in [-0.3, -0.25) is 0 Å². The van der Waals surface area contributed by atoms with Gasteiger partial charge < -0.3 is 4.74 Å². The number of tetrazole rings is 1. The topological polar surface area (TPSA) is 52.3 Å². The molecular formula is C16H11ClN4O. The lowest BCUT2D eigenvalue weighted by Crippen LogP contribution is -1.99. The van der Waals surface area contributed by atoms with Crippen LogP contribution < -0.4 is 4.74 Å². The highest BCUT2D eigenvalue weighted by molar-refractivity contribution is 6.30. The molecule has 0 aliphatic carbocycles. The molecule has 2 heterocycles. The molecule has 0 spiro atoms. The van der Waals surface area contributed by atoms with E-state index in [4.69, 9.17) is 16.3 Å². The average Bonchev–Trinajstić information content (AvgIpc) is 3.01. The standard InChI is InChI=1S/C16H11ClN4O/c17-12-5-3-4-11(8-12)10-22-15-9-16-18-19-20-21(16)14-7-2-1-6-13(14)15/h1-9H,10H2. The predicted octanol–water partition coefficient (Wildman–Crippen LogP) is 3.51. The van der Waals surface area contributed by atoms with Gasteiger partial charge in [0.05, 0.1) is 5.52 Å². The van der Waals surface area contributed by atoms with Crippen LogP contribution in [0.15, 0.2) is 54.6 Å². The first-order valence-corrected chi connectivity index (χ1v) is 7.16. The first-order valence-electron chi connectivity index (χ1n) is 6.78. The summed E-state index contributed by atoms with van der Waals surface area (Å²) in [5.74, 6) is 0.748. The van der Waals surface area contributed by atoms with E-state index in [2.05, 4.69) is 15.5 Å². The number of hydrogen-bond acceptors (Lipinski definition) is 4. The van der Waals surface area contributed by atoms with E-state index in [0.29, 0.717) is 17.3 Å². The quantitative estimate of drug-likeness (QED) is 0.581. The van der Waals surface area contributed by atoms with E-state index in [0.717, 1.165) is 22.2 Å². The van der Waals surface area contributed by atoms with Crippen LogP contribution in [0.4, 0.5) is 0 Å². The van der Waals surface area contributed by atoms with Gasteiger partial charge in [-0.15, -0.1) is 5.10 Å². The molecule has 108 valence electrons. The van der Waals surface area contributed by atoms with Crippen LogP contribution in [-0.4, -0.2) is 20.0 Å². The van der Waals surface area contributed by atoms with Crippen molar-refractivity contribution in [1.29, 1.82) is 0 Å². The Labute approximate surface area is 131 Å². The molecule has 4 aromatic rings. The van der Waals surface area contributed by atoms with Gasteiger partial charge >= 0.3 is 0 Å². The summed E-state index contributed by atoms with van der Waals surface area (Å²) in [6.45, 7) is 0.433. The van der Waals surface area contributed by atoms with Crippen LogP contribution in [-0.2, 0) is 6.61 Å². The number of aromatic nitrogens is 4. The zero-order valence-electron chi connectivity index (χ0n) is 11.5. The minimum atomic E-state index is 0.433. The lowest BCUT2D eigenvalue weighted by Gasteiger charge is -2.10. The number of para-hydroxylation sites is 1. The van der Waals surface area contributed by atoms with Crippen molar-refractivity contribution in [2.75, 3.05) is 0 Å². The number of nitrogens with zero attached hydrogens (tertiary/aromatic N) is 4. The van der Waals surface area contributed by atoms with Crippen molar-refractivity contribution in [3.05, 3.63) is 65.2 Å². The molecule has 0 N–H and O–H groups in total. The van der Waals surface area contributed by atoms with Crippen LogP contribution >= 0.6 is 11.6 Å². The van der Waals surface area contributed by atoms with E-state index in [-0.39, 0.29) is 0 Å². The average molecular weight is 311 g/mol. The van der Waals surface area contributed by atoms with E-state index in [9.17, 15) is 0 Å². The van der Waals surface area contributed by atoms with Crippen LogP contribution in [0.25, 0.3) is 16.6 Å². The molecule has 0 atom stereocenters. The molecule has 4 rings (SSSR count). The molecule has 0 saturated carbocycles. The maximum atomic E-state index is 6.00. The third-order valence-corrected chi connectivity index (χ3v) is 3.67. The van der Waals surface area contributed by atoms with Crippen molar-refractivity contribution >= 4 is 28.2 Å². The second-order valence-corrected chi connectivity index (χ2v) is 5.33. The molecule has 0 radical (unpaired) electrons.